The van der Waals surface area contributed by atoms with Gasteiger partial charge in [-0.05, 0) is 84.2 Å². The number of amides is 1. The molecule has 2 aromatic heterocycles. The zero-order valence-electron chi connectivity index (χ0n) is 31.9. The van der Waals surface area contributed by atoms with E-state index < -0.39 is 46.6 Å². The minimum atomic E-state index is -1.83. The zero-order valence-corrected chi connectivity index (χ0v) is 33.5. The molecule has 18 heteroatoms. The molecule has 0 radical (unpaired) electrons. The molecule has 0 aliphatic carbocycles. The smallest absolute Gasteiger partial charge is 0.412 e. The largest absolute Gasteiger partial charge is 0.461 e. The van der Waals surface area contributed by atoms with Crippen LogP contribution >= 0.6 is 22.9 Å². The summed E-state index contributed by atoms with van der Waals surface area (Å²) < 4.78 is 99.8. The molecule has 0 saturated carbocycles. The Labute approximate surface area is 338 Å². The van der Waals surface area contributed by atoms with Crippen LogP contribution in [0.3, 0.4) is 0 Å². The SMILES string of the molecule is CN1C2CCC1(C=C(F)F)CN(c1nc(OC[C@@]34CCCN3CC(=C(F)F)C4)nc3c(F)c(-c4ccc(F)c5sc(NC(=O)OC(C)(C)C)c(C#N)c45)c(Cl)cc13)C2. The predicted octanol–water partition coefficient (Wildman–Crippen LogP) is 9.86. The zero-order chi connectivity index (χ0) is 41.5. The van der Waals surface area contributed by atoms with E-state index in [1.807, 2.05) is 15.9 Å². The van der Waals surface area contributed by atoms with Gasteiger partial charge in [-0.25, -0.2) is 13.6 Å². The van der Waals surface area contributed by atoms with Crippen molar-refractivity contribution >= 4 is 60.8 Å². The van der Waals surface area contributed by atoms with Crippen LogP contribution in [0, 0.1) is 23.0 Å². The number of nitriles is 1. The number of ether oxygens (including phenoxy) is 2. The second-order valence-corrected chi connectivity index (χ2v) is 17.8. The number of carbonyl (C=O) groups excluding carboxylic acids is 1. The van der Waals surface area contributed by atoms with Crippen molar-refractivity contribution in [1.29, 1.82) is 5.26 Å². The van der Waals surface area contributed by atoms with Gasteiger partial charge in [-0.1, -0.05) is 17.7 Å². The van der Waals surface area contributed by atoms with Crippen molar-refractivity contribution in [3.05, 3.63) is 64.2 Å². The Hall–Kier alpha value is -4.63. The third-order valence-corrected chi connectivity index (χ3v) is 13.2. The van der Waals surface area contributed by atoms with Crippen molar-refractivity contribution in [2.24, 2.45) is 0 Å². The van der Waals surface area contributed by atoms with E-state index in [1.54, 1.807) is 32.7 Å². The van der Waals surface area contributed by atoms with Gasteiger partial charge in [0.05, 0.1) is 26.4 Å². The fourth-order valence-electron chi connectivity index (χ4n) is 9.14. The van der Waals surface area contributed by atoms with Gasteiger partial charge >= 0.3 is 12.1 Å². The van der Waals surface area contributed by atoms with Crippen molar-refractivity contribution in [2.75, 3.05) is 50.1 Å². The molecule has 6 heterocycles. The molecule has 10 nitrogen and oxygen atoms in total. The van der Waals surface area contributed by atoms with E-state index in [1.165, 1.54) is 12.1 Å². The highest BCUT2D eigenvalue weighted by Crippen LogP contribution is 2.49. The second-order valence-electron chi connectivity index (χ2n) is 16.4. The molecule has 1 N–H and O–H groups in total. The first-order chi connectivity index (χ1) is 27.4. The number of anilines is 2. The molecular formula is C40H38ClF6N7O3S. The molecule has 4 aromatic rings. The molecule has 3 atom stereocenters. The molecule has 2 bridgehead atoms. The first-order valence-corrected chi connectivity index (χ1v) is 19.9. The Morgan fingerprint density at radius 2 is 1.97 bits per heavy atom. The van der Waals surface area contributed by atoms with Crippen LogP contribution in [-0.2, 0) is 4.74 Å². The van der Waals surface area contributed by atoms with Crippen LogP contribution < -0.4 is 15.0 Å². The van der Waals surface area contributed by atoms with Crippen molar-refractivity contribution in [3.8, 4) is 23.2 Å². The Bertz CT molecular complexity index is 2480. The molecule has 4 aliphatic rings. The van der Waals surface area contributed by atoms with Crippen molar-refractivity contribution in [2.45, 2.75) is 75.6 Å². The van der Waals surface area contributed by atoms with Gasteiger partial charge in [0.1, 0.15) is 40.4 Å². The number of aromatic nitrogens is 2. The second kappa shape index (κ2) is 14.6. The number of hydrogen-bond acceptors (Lipinski definition) is 10. The average molecular weight is 846 g/mol. The lowest BCUT2D eigenvalue weighted by atomic mass is 9.94. The van der Waals surface area contributed by atoms with Gasteiger partial charge in [0.25, 0.3) is 12.2 Å². The van der Waals surface area contributed by atoms with Gasteiger partial charge in [-0.3, -0.25) is 15.1 Å². The summed E-state index contributed by atoms with van der Waals surface area (Å²) in [5, 5.41) is 12.8. The first kappa shape index (κ1) is 40.2. The van der Waals surface area contributed by atoms with Crippen molar-refractivity contribution < 1.29 is 40.6 Å². The van der Waals surface area contributed by atoms with Crippen LogP contribution in [0.1, 0.15) is 58.4 Å². The molecule has 4 fully saturated rings. The lowest BCUT2D eigenvalue weighted by Crippen LogP contribution is -2.59. The summed E-state index contributed by atoms with van der Waals surface area (Å²) in [7, 11) is 1.79. The van der Waals surface area contributed by atoms with E-state index in [0.29, 0.717) is 32.4 Å². The highest BCUT2D eigenvalue weighted by atomic mass is 35.5. The van der Waals surface area contributed by atoms with Gasteiger partial charge in [-0.15, -0.1) is 11.3 Å². The Morgan fingerprint density at radius 1 is 1.19 bits per heavy atom. The average Bonchev–Trinajstić information content (AvgIpc) is 3.85. The van der Waals surface area contributed by atoms with E-state index in [4.69, 9.17) is 26.1 Å². The number of rotatable bonds is 7. The Balaban J connectivity index is 1.28. The molecule has 306 valence electrons. The van der Waals surface area contributed by atoms with Crippen LogP contribution in [0.5, 0.6) is 6.01 Å². The van der Waals surface area contributed by atoms with E-state index >= 15 is 8.78 Å². The number of fused-ring (bicyclic) bond motifs is 5. The highest BCUT2D eigenvalue weighted by Gasteiger charge is 2.50. The van der Waals surface area contributed by atoms with Crippen LogP contribution in [0.2, 0.25) is 5.02 Å². The third kappa shape index (κ3) is 6.91. The molecule has 58 heavy (non-hydrogen) atoms. The summed E-state index contributed by atoms with van der Waals surface area (Å²) in [4.78, 5) is 27.6. The van der Waals surface area contributed by atoms with E-state index in [0.717, 1.165) is 29.9 Å². The minimum Gasteiger partial charge on any atom is -0.461 e. The summed E-state index contributed by atoms with van der Waals surface area (Å²) in [5.41, 5.74) is -3.25. The van der Waals surface area contributed by atoms with Crippen molar-refractivity contribution in [1.82, 2.24) is 19.8 Å². The van der Waals surface area contributed by atoms with Crippen LogP contribution in [0.15, 0.2) is 42.0 Å². The summed E-state index contributed by atoms with van der Waals surface area (Å²) in [5.74, 6) is -1.52. The fraction of sp³-hybridized carbons (Fsp3) is 0.450. The Morgan fingerprint density at radius 3 is 2.67 bits per heavy atom. The van der Waals surface area contributed by atoms with E-state index in [-0.39, 0.29) is 97.3 Å². The summed E-state index contributed by atoms with van der Waals surface area (Å²) in [6.45, 7) is 6.00. The van der Waals surface area contributed by atoms with Crippen LogP contribution in [0.4, 0.5) is 42.0 Å². The number of thiophene rings is 1. The number of benzene rings is 2. The monoisotopic (exact) mass is 845 g/mol. The summed E-state index contributed by atoms with van der Waals surface area (Å²) in [6.07, 6.45) is -1.01. The molecular weight excluding hydrogens is 808 g/mol. The van der Waals surface area contributed by atoms with Gasteiger partial charge in [-0.2, -0.15) is 32.8 Å². The van der Waals surface area contributed by atoms with Gasteiger partial charge in [0.15, 0.2) is 5.82 Å². The number of nitrogens with zero attached hydrogens (tertiary/aromatic N) is 6. The first-order valence-electron chi connectivity index (χ1n) is 18.7. The van der Waals surface area contributed by atoms with E-state index in [2.05, 4.69) is 10.3 Å². The highest BCUT2D eigenvalue weighted by molar-refractivity contribution is 7.23. The lowest BCUT2D eigenvalue weighted by molar-refractivity contribution is 0.0636. The minimum absolute atomic E-state index is 0.00676. The van der Waals surface area contributed by atoms with Crippen molar-refractivity contribution in [3.63, 3.8) is 0 Å². The molecule has 4 saturated heterocycles. The fourth-order valence-corrected chi connectivity index (χ4v) is 10.5. The molecule has 2 aromatic carbocycles. The maximum absolute atomic E-state index is 17.5. The maximum Gasteiger partial charge on any atom is 0.412 e. The van der Waals surface area contributed by atoms with Crippen LogP contribution in [0.25, 0.3) is 32.1 Å². The topological polar surface area (TPSA) is 107 Å². The number of likely N-dealkylation sites (N-methyl/N-ethyl adjacent to an activating group) is 1. The standard InChI is InChI=1S/C40H38ClF6N7O3S/c1-38(2,3)57-37(55)51-35-24(15-48)28-22(6-7-26(42)32(28)58-35)29-25(41)12-23-31(30(29)45)49-36(56-19-40-9-5-11-54(40)16-20(13-40)33(46)47)50-34(23)53-17-21-8-10-39(18-53,52(21)4)14-27(43)44/h6-7,12,14,21H,5,8-11,13,16-19H2,1-4H3,(H,51,55)/t21?,39?,40-/m0/s1. The predicted molar refractivity (Wildman–Crippen MR) is 209 cm³/mol. The molecule has 4 aliphatic heterocycles. The number of halogens is 7. The van der Waals surface area contributed by atoms with Gasteiger partial charge in [0, 0.05) is 53.7 Å². The van der Waals surface area contributed by atoms with E-state index in [9.17, 15) is 27.6 Å². The van der Waals surface area contributed by atoms with Crippen LogP contribution in [-0.4, -0.2) is 88.4 Å². The summed E-state index contributed by atoms with van der Waals surface area (Å²) in [6, 6.07) is 5.41. The third-order valence-electron chi connectivity index (χ3n) is 11.8. The number of carbonyl (C=O) groups is 1. The van der Waals surface area contributed by atoms with Gasteiger partial charge < -0.3 is 14.4 Å². The van der Waals surface area contributed by atoms with Gasteiger partial charge in [0.2, 0.25) is 0 Å². The Kier molecular flexibility index (Phi) is 10.1. The quantitative estimate of drug-likeness (QED) is 0.182. The molecule has 2 unspecified atom stereocenters. The number of nitrogens with one attached hydrogen (secondary N) is 1. The molecule has 0 spiro atoms. The lowest BCUT2D eigenvalue weighted by Gasteiger charge is -2.46. The maximum atomic E-state index is 17.5. The normalized spacial score (nSPS) is 23.4. The molecule has 8 rings (SSSR count). The number of hydrogen-bond donors (Lipinski definition) is 1. The summed E-state index contributed by atoms with van der Waals surface area (Å²) >= 11 is 7.70. The molecule has 1 amide bonds. The number of piperazine rings is 1.